The number of rotatable bonds is 4. The van der Waals surface area contributed by atoms with Crippen molar-refractivity contribution in [2.75, 3.05) is 23.7 Å². The van der Waals surface area contributed by atoms with Crippen molar-refractivity contribution in [2.45, 2.75) is 31.1 Å². The molecule has 0 radical (unpaired) electrons. The number of sulfonamides is 1. The molecule has 1 aromatic carbocycles. The van der Waals surface area contributed by atoms with Crippen molar-refractivity contribution in [3.63, 3.8) is 0 Å². The predicted molar refractivity (Wildman–Crippen MR) is 77.5 cm³/mol. The van der Waals surface area contributed by atoms with Gasteiger partial charge in [-0.15, -0.1) is 0 Å². The van der Waals surface area contributed by atoms with Crippen molar-refractivity contribution >= 4 is 21.4 Å². The van der Waals surface area contributed by atoms with E-state index in [1.54, 1.807) is 12.1 Å². The van der Waals surface area contributed by atoms with Crippen LogP contribution in [0.1, 0.15) is 26.2 Å². The van der Waals surface area contributed by atoms with E-state index in [0.29, 0.717) is 11.6 Å². The van der Waals surface area contributed by atoms with Gasteiger partial charge in [0, 0.05) is 13.1 Å². The molecule has 1 saturated heterocycles. The van der Waals surface area contributed by atoms with Gasteiger partial charge in [-0.1, -0.05) is 13.3 Å². The van der Waals surface area contributed by atoms with Gasteiger partial charge in [0.25, 0.3) is 0 Å². The summed E-state index contributed by atoms with van der Waals surface area (Å²) in [7, 11) is -3.68. The molecule has 0 spiro atoms. The van der Waals surface area contributed by atoms with Crippen LogP contribution in [0.2, 0.25) is 0 Å². The number of anilines is 2. The first kappa shape index (κ1) is 14.1. The van der Waals surface area contributed by atoms with Crippen molar-refractivity contribution in [3.8, 4) is 0 Å². The van der Waals surface area contributed by atoms with E-state index in [9.17, 15) is 8.42 Å². The highest BCUT2D eigenvalue weighted by Gasteiger charge is 2.24. The minimum absolute atomic E-state index is 0.121. The molecule has 1 fully saturated rings. The SMILES string of the molecule is CCCC1CCN(c2cc(S(N)(=O)=O)ccc2N)C1. The molecular weight excluding hydrogens is 262 g/mol. The third-order valence-corrected chi connectivity index (χ3v) is 4.56. The fourth-order valence-corrected chi connectivity index (χ4v) is 3.20. The van der Waals surface area contributed by atoms with Gasteiger partial charge in [0.05, 0.1) is 16.3 Å². The summed E-state index contributed by atoms with van der Waals surface area (Å²) in [4.78, 5) is 2.28. The standard InChI is InChI=1S/C13H21N3O2S/c1-2-3-10-6-7-16(9-10)13-8-11(19(15,17)18)4-5-12(13)14/h4-5,8,10H,2-3,6-7,9,14H2,1H3,(H2,15,17,18). The quantitative estimate of drug-likeness (QED) is 0.820. The molecule has 1 unspecified atom stereocenters. The van der Waals surface area contributed by atoms with Gasteiger partial charge in [-0.25, -0.2) is 13.6 Å². The zero-order valence-electron chi connectivity index (χ0n) is 11.2. The molecule has 1 atom stereocenters. The minimum Gasteiger partial charge on any atom is -0.397 e. The van der Waals surface area contributed by atoms with Crippen molar-refractivity contribution in [3.05, 3.63) is 18.2 Å². The smallest absolute Gasteiger partial charge is 0.238 e. The number of nitrogen functional groups attached to an aromatic ring is 1. The molecule has 1 aliphatic heterocycles. The van der Waals surface area contributed by atoms with Crippen LogP contribution in [0.5, 0.6) is 0 Å². The van der Waals surface area contributed by atoms with E-state index < -0.39 is 10.0 Å². The van der Waals surface area contributed by atoms with Gasteiger partial charge in [0.15, 0.2) is 0 Å². The van der Waals surface area contributed by atoms with Crippen LogP contribution in [0.15, 0.2) is 23.1 Å². The Morgan fingerprint density at radius 3 is 2.79 bits per heavy atom. The van der Waals surface area contributed by atoms with E-state index in [4.69, 9.17) is 10.9 Å². The third-order valence-electron chi connectivity index (χ3n) is 3.65. The summed E-state index contributed by atoms with van der Waals surface area (Å²) < 4.78 is 22.8. The molecule has 2 rings (SSSR count). The van der Waals surface area contributed by atoms with Gasteiger partial charge in [-0.3, -0.25) is 0 Å². The lowest BCUT2D eigenvalue weighted by Crippen LogP contribution is -2.22. The Morgan fingerprint density at radius 2 is 2.16 bits per heavy atom. The number of nitrogens with two attached hydrogens (primary N) is 2. The Morgan fingerprint density at radius 1 is 1.42 bits per heavy atom. The largest absolute Gasteiger partial charge is 0.397 e. The van der Waals surface area contributed by atoms with Gasteiger partial charge in [-0.05, 0) is 37.0 Å². The fraction of sp³-hybridized carbons (Fsp3) is 0.538. The van der Waals surface area contributed by atoms with E-state index in [1.165, 1.54) is 18.9 Å². The maximum atomic E-state index is 11.4. The van der Waals surface area contributed by atoms with Gasteiger partial charge in [0.2, 0.25) is 10.0 Å². The molecule has 0 aromatic heterocycles. The second-order valence-corrected chi connectivity index (χ2v) is 6.72. The highest BCUT2D eigenvalue weighted by molar-refractivity contribution is 7.89. The van der Waals surface area contributed by atoms with Crippen molar-refractivity contribution < 1.29 is 8.42 Å². The number of primary sulfonamides is 1. The Balaban J connectivity index is 2.25. The lowest BCUT2D eigenvalue weighted by molar-refractivity contribution is 0.530. The highest BCUT2D eigenvalue weighted by Crippen LogP contribution is 2.32. The number of hydrogen-bond donors (Lipinski definition) is 2. The minimum atomic E-state index is -3.68. The lowest BCUT2D eigenvalue weighted by Gasteiger charge is -2.21. The van der Waals surface area contributed by atoms with Crippen molar-refractivity contribution in [1.82, 2.24) is 0 Å². The van der Waals surface area contributed by atoms with Crippen LogP contribution in [-0.4, -0.2) is 21.5 Å². The van der Waals surface area contributed by atoms with Crippen LogP contribution < -0.4 is 15.8 Å². The second-order valence-electron chi connectivity index (χ2n) is 5.16. The molecule has 4 N–H and O–H groups in total. The van der Waals surface area contributed by atoms with E-state index in [1.807, 2.05) is 0 Å². The van der Waals surface area contributed by atoms with E-state index in [-0.39, 0.29) is 4.90 Å². The van der Waals surface area contributed by atoms with Gasteiger partial charge >= 0.3 is 0 Å². The number of benzene rings is 1. The first-order valence-corrected chi connectivity index (χ1v) is 8.13. The normalized spacial score (nSPS) is 19.9. The average Bonchev–Trinajstić information content (AvgIpc) is 2.77. The molecule has 0 aliphatic carbocycles. The second kappa shape index (κ2) is 5.38. The first-order chi connectivity index (χ1) is 8.91. The molecule has 19 heavy (non-hydrogen) atoms. The Labute approximate surface area is 114 Å². The predicted octanol–water partition coefficient (Wildman–Crippen LogP) is 1.54. The molecule has 1 heterocycles. The molecule has 0 amide bonds. The van der Waals surface area contributed by atoms with E-state index in [0.717, 1.165) is 25.2 Å². The van der Waals surface area contributed by atoms with Crippen LogP contribution in [-0.2, 0) is 10.0 Å². The summed E-state index contributed by atoms with van der Waals surface area (Å²) in [5, 5.41) is 5.16. The summed E-state index contributed by atoms with van der Waals surface area (Å²) >= 11 is 0. The van der Waals surface area contributed by atoms with Gasteiger partial charge in [0.1, 0.15) is 0 Å². The average molecular weight is 283 g/mol. The Hall–Kier alpha value is -1.27. The van der Waals surface area contributed by atoms with Crippen LogP contribution >= 0.6 is 0 Å². The van der Waals surface area contributed by atoms with Crippen molar-refractivity contribution in [1.29, 1.82) is 0 Å². The van der Waals surface area contributed by atoms with Gasteiger partial charge < -0.3 is 10.6 Å². The number of nitrogens with zero attached hydrogens (tertiary/aromatic N) is 1. The molecule has 6 heteroatoms. The van der Waals surface area contributed by atoms with Crippen molar-refractivity contribution in [2.24, 2.45) is 11.1 Å². The lowest BCUT2D eigenvalue weighted by atomic mass is 10.0. The molecule has 0 saturated carbocycles. The third kappa shape index (κ3) is 3.19. The summed E-state index contributed by atoms with van der Waals surface area (Å²) in [5.41, 5.74) is 7.34. The van der Waals surface area contributed by atoms with Crippen LogP contribution in [0.25, 0.3) is 0 Å². The molecule has 106 valence electrons. The molecular formula is C13H21N3O2S. The van der Waals surface area contributed by atoms with Crippen LogP contribution in [0.4, 0.5) is 11.4 Å². The van der Waals surface area contributed by atoms with E-state index in [2.05, 4.69) is 11.8 Å². The van der Waals surface area contributed by atoms with Gasteiger partial charge in [-0.2, -0.15) is 0 Å². The summed E-state index contributed by atoms with van der Waals surface area (Å²) in [5.74, 6) is 0.669. The molecule has 0 bridgehead atoms. The zero-order chi connectivity index (χ0) is 14.0. The fourth-order valence-electron chi connectivity index (χ4n) is 2.67. The topological polar surface area (TPSA) is 89.4 Å². The van der Waals surface area contributed by atoms with Crippen LogP contribution in [0.3, 0.4) is 0 Å². The summed E-state index contributed by atoms with van der Waals surface area (Å²) in [6.45, 7) is 4.04. The maximum Gasteiger partial charge on any atom is 0.238 e. The Kier molecular flexibility index (Phi) is 4.01. The van der Waals surface area contributed by atoms with Crippen LogP contribution in [0, 0.1) is 5.92 Å². The molecule has 5 nitrogen and oxygen atoms in total. The Bertz CT molecular complexity index is 557. The molecule has 1 aromatic rings. The summed E-state index contributed by atoms with van der Waals surface area (Å²) in [6.07, 6.45) is 3.50. The highest BCUT2D eigenvalue weighted by atomic mass is 32.2. The maximum absolute atomic E-state index is 11.4. The number of hydrogen-bond acceptors (Lipinski definition) is 4. The van der Waals surface area contributed by atoms with E-state index >= 15 is 0 Å². The monoisotopic (exact) mass is 283 g/mol. The zero-order valence-corrected chi connectivity index (χ0v) is 12.0. The summed E-state index contributed by atoms with van der Waals surface area (Å²) in [6, 6.07) is 4.65. The molecule has 1 aliphatic rings. The first-order valence-electron chi connectivity index (χ1n) is 6.59.